The second kappa shape index (κ2) is 6.21. The van der Waals surface area contributed by atoms with Gasteiger partial charge in [-0.3, -0.25) is 0 Å². The molecule has 6 nitrogen and oxygen atoms in total. The lowest BCUT2D eigenvalue weighted by molar-refractivity contribution is 0.0528. The van der Waals surface area contributed by atoms with E-state index in [9.17, 15) is 4.79 Å². The quantitative estimate of drug-likeness (QED) is 0.803. The Kier molecular flexibility index (Phi) is 4.60. The van der Waals surface area contributed by atoms with Crippen LogP contribution in [0.5, 0.6) is 0 Å². The second-order valence-corrected chi connectivity index (χ2v) is 5.25. The van der Waals surface area contributed by atoms with E-state index < -0.39 is 5.97 Å². The summed E-state index contributed by atoms with van der Waals surface area (Å²) in [7, 11) is 0. The fourth-order valence-corrected chi connectivity index (χ4v) is 2.90. The van der Waals surface area contributed by atoms with E-state index in [1.807, 2.05) is 6.92 Å². The molecule has 19 heavy (non-hydrogen) atoms. The van der Waals surface area contributed by atoms with Crippen molar-refractivity contribution in [3.05, 3.63) is 5.56 Å². The molecule has 1 aliphatic rings. The number of nitrogens with two attached hydrogens (primary N) is 1. The van der Waals surface area contributed by atoms with Gasteiger partial charge in [-0.1, -0.05) is 0 Å². The van der Waals surface area contributed by atoms with E-state index in [0.717, 1.165) is 19.4 Å². The van der Waals surface area contributed by atoms with Gasteiger partial charge in [0.1, 0.15) is 10.6 Å². The molecule has 2 atom stereocenters. The SMILES string of the molecule is CCOC(=O)c1c(N)nsc1NC(C)C1CCCO1. The van der Waals surface area contributed by atoms with Crippen molar-refractivity contribution in [2.75, 3.05) is 24.3 Å². The van der Waals surface area contributed by atoms with Crippen LogP contribution in [0.4, 0.5) is 10.8 Å². The minimum absolute atomic E-state index is 0.107. The van der Waals surface area contributed by atoms with Gasteiger partial charge >= 0.3 is 5.97 Å². The minimum Gasteiger partial charge on any atom is -0.462 e. The van der Waals surface area contributed by atoms with Crippen LogP contribution in [0.1, 0.15) is 37.0 Å². The first-order valence-corrected chi connectivity index (χ1v) is 7.21. The molecule has 2 heterocycles. The summed E-state index contributed by atoms with van der Waals surface area (Å²) in [5, 5.41) is 3.91. The highest BCUT2D eigenvalue weighted by Gasteiger charge is 2.26. The zero-order valence-electron chi connectivity index (χ0n) is 11.1. The third-order valence-corrected chi connectivity index (χ3v) is 3.87. The van der Waals surface area contributed by atoms with Crippen LogP contribution in [0, 0.1) is 0 Å². The number of nitrogen functional groups attached to an aromatic ring is 1. The largest absolute Gasteiger partial charge is 0.462 e. The first kappa shape index (κ1) is 14.1. The van der Waals surface area contributed by atoms with E-state index in [1.165, 1.54) is 11.5 Å². The second-order valence-electron chi connectivity index (χ2n) is 4.48. The van der Waals surface area contributed by atoms with E-state index in [1.54, 1.807) is 6.92 Å². The summed E-state index contributed by atoms with van der Waals surface area (Å²) in [5.41, 5.74) is 6.06. The number of rotatable bonds is 5. The number of carbonyl (C=O) groups is 1. The number of anilines is 2. The van der Waals surface area contributed by atoms with Crippen LogP contribution in [0.15, 0.2) is 0 Å². The van der Waals surface area contributed by atoms with Crippen LogP contribution in [-0.4, -0.2) is 35.7 Å². The summed E-state index contributed by atoms with van der Waals surface area (Å²) in [4.78, 5) is 11.8. The minimum atomic E-state index is -0.434. The van der Waals surface area contributed by atoms with E-state index in [4.69, 9.17) is 15.2 Å². The van der Waals surface area contributed by atoms with Crippen molar-refractivity contribution in [1.29, 1.82) is 0 Å². The summed E-state index contributed by atoms with van der Waals surface area (Å²) in [6.07, 6.45) is 2.27. The highest BCUT2D eigenvalue weighted by molar-refractivity contribution is 7.11. The molecule has 7 heteroatoms. The number of nitrogens with one attached hydrogen (secondary N) is 1. The number of nitrogens with zero attached hydrogens (tertiary/aromatic N) is 1. The fourth-order valence-electron chi connectivity index (χ4n) is 2.10. The standard InChI is InChI=1S/C12H19N3O3S/c1-3-17-12(16)9-10(13)15-19-11(9)14-7(2)8-5-4-6-18-8/h7-8,14H,3-6H2,1-2H3,(H2,13,15). The molecule has 2 unspecified atom stereocenters. The van der Waals surface area contributed by atoms with Gasteiger partial charge in [-0.05, 0) is 38.2 Å². The third-order valence-electron chi connectivity index (χ3n) is 3.08. The molecule has 0 aliphatic carbocycles. The molecule has 0 amide bonds. The number of ether oxygens (including phenoxy) is 2. The molecule has 1 aliphatic heterocycles. The maximum atomic E-state index is 11.8. The zero-order valence-corrected chi connectivity index (χ0v) is 12.0. The molecule has 0 aromatic carbocycles. The van der Waals surface area contributed by atoms with Crippen molar-refractivity contribution in [3.8, 4) is 0 Å². The molecule has 1 fully saturated rings. The van der Waals surface area contributed by atoms with Gasteiger partial charge < -0.3 is 20.5 Å². The smallest absolute Gasteiger partial charge is 0.344 e. The molecule has 1 saturated heterocycles. The van der Waals surface area contributed by atoms with E-state index in [0.29, 0.717) is 17.2 Å². The Morgan fingerprint density at radius 1 is 1.74 bits per heavy atom. The Labute approximate surface area is 116 Å². The molecular weight excluding hydrogens is 266 g/mol. The van der Waals surface area contributed by atoms with Gasteiger partial charge in [0.25, 0.3) is 0 Å². The van der Waals surface area contributed by atoms with Crippen LogP contribution < -0.4 is 11.1 Å². The average Bonchev–Trinajstić information content (AvgIpc) is 2.99. The summed E-state index contributed by atoms with van der Waals surface area (Å²) in [5.74, 6) is -0.221. The molecule has 0 radical (unpaired) electrons. The van der Waals surface area contributed by atoms with Crippen LogP contribution in [0.25, 0.3) is 0 Å². The predicted molar refractivity (Wildman–Crippen MR) is 74.5 cm³/mol. The molecule has 0 saturated carbocycles. The van der Waals surface area contributed by atoms with Crippen LogP contribution in [0.2, 0.25) is 0 Å². The fraction of sp³-hybridized carbons (Fsp3) is 0.667. The molecule has 1 aromatic heterocycles. The van der Waals surface area contributed by atoms with Gasteiger partial charge in [0.05, 0.1) is 18.8 Å². The molecule has 2 rings (SSSR count). The Morgan fingerprint density at radius 3 is 3.16 bits per heavy atom. The molecule has 3 N–H and O–H groups in total. The first-order chi connectivity index (χ1) is 9.13. The summed E-state index contributed by atoms with van der Waals surface area (Å²) in [6.45, 7) is 4.90. The van der Waals surface area contributed by atoms with Gasteiger partial charge in [0.15, 0.2) is 5.82 Å². The molecule has 0 bridgehead atoms. The normalized spacial score (nSPS) is 20.2. The summed E-state index contributed by atoms with van der Waals surface area (Å²) in [6, 6.07) is 0.107. The van der Waals surface area contributed by atoms with Crippen molar-refractivity contribution < 1.29 is 14.3 Å². The molecule has 106 valence electrons. The highest BCUT2D eigenvalue weighted by atomic mass is 32.1. The topological polar surface area (TPSA) is 86.5 Å². The van der Waals surface area contributed by atoms with Crippen molar-refractivity contribution in [2.24, 2.45) is 0 Å². The molecule has 1 aromatic rings. The first-order valence-electron chi connectivity index (χ1n) is 6.43. The van der Waals surface area contributed by atoms with Crippen molar-refractivity contribution >= 4 is 28.3 Å². The Bertz CT molecular complexity index is 443. The van der Waals surface area contributed by atoms with Gasteiger partial charge in [-0.25, -0.2) is 4.79 Å². The number of esters is 1. The Balaban J connectivity index is 2.09. The lowest BCUT2D eigenvalue weighted by atomic mass is 10.1. The lowest BCUT2D eigenvalue weighted by Crippen LogP contribution is -2.30. The van der Waals surface area contributed by atoms with Gasteiger partial charge in [0.2, 0.25) is 0 Å². The van der Waals surface area contributed by atoms with Crippen molar-refractivity contribution in [3.63, 3.8) is 0 Å². The molecular formula is C12H19N3O3S. The number of hydrogen-bond donors (Lipinski definition) is 2. The zero-order chi connectivity index (χ0) is 13.8. The number of carbonyl (C=O) groups excluding carboxylic acids is 1. The lowest BCUT2D eigenvalue weighted by Gasteiger charge is -2.20. The van der Waals surface area contributed by atoms with E-state index in [2.05, 4.69) is 9.69 Å². The van der Waals surface area contributed by atoms with Gasteiger partial charge in [-0.2, -0.15) is 4.37 Å². The maximum absolute atomic E-state index is 11.8. The predicted octanol–water partition coefficient (Wildman–Crippen LogP) is 1.88. The monoisotopic (exact) mass is 285 g/mol. The Morgan fingerprint density at radius 2 is 2.53 bits per heavy atom. The van der Waals surface area contributed by atoms with Crippen LogP contribution in [-0.2, 0) is 9.47 Å². The number of hydrogen-bond acceptors (Lipinski definition) is 7. The average molecular weight is 285 g/mol. The van der Waals surface area contributed by atoms with Crippen molar-refractivity contribution in [1.82, 2.24) is 4.37 Å². The highest BCUT2D eigenvalue weighted by Crippen LogP contribution is 2.29. The summed E-state index contributed by atoms with van der Waals surface area (Å²) < 4.78 is 14.6. The number of aromatic nitrogens is 1. The summed E-state index contributed by atoms with van der Waals surface area (Å²) >= 11 is 1.17. The van der Waals surface area contributed by atoms with Crippen LogP contribution >= 0.6 is 11.5 Å². The van der Waals surface area contributed by atoms with E-state index >= 15 is 0 Å². The van der Waals surface area contributed by atoms with E-state index in [-0.39, 0.29) is 18.0 Å². The van der Waals surface area contributed by atoms with Gasteiger partial charge in [0, 0.05) is 6.61 Å². The molecule has 0 spiro atoms. The van der Waals surface area contributed by atoms with Crippen molar-refractivity contribution in [2.45, 2.75) is 38.8 Å². The maximum Gasteiger partial charge on any atom is 0.344 e. The Hall–Kier alpha value is -1.34. The third kappa shape index (κ3) is 3.16. The van der Waals surface area contributed by atoms with Gasteiger partial charge in [-0.15, -0.1) is 0 Å². The van der Waals surface area contributed by atoms with Crippen LogP contribution in [0.3, 0.4) is 0 Å².